The molecule has 0 heterocycles. The van der Waals surface area contributed by atoms with Gasteiger partial charge in [-0.15, -0.1) is 0 Å². The maximum Gasteiger partial charge on any atom is 0.285 e. The molecule has 43 heavy (non-hydrogen) atoms. The van der Waals surface area contributed by atoms with Crippen molar-refractivity contribution < 1.29 is 16.8 Å². The second-order valence-electron chi connectivity index (χ2n) is 11.9. The summed E-state index contributed by atoms with van der Waals surface area (Å²) >= 11 is 4.13. The number of hydrogen-bond donors (Lipinski definition) is 1. The first kappa shape index (κ1) is 33.5. The van der Waals surface area contributed by atoms with Crippen LogP contribution in [0.2, 0.25) is 5.02 Å². The molecular weight excluding hydrogens is 600 g/mol. The van der Waals surface area contributed by atoms with E-state index in [1.54, 1.807) is 24.3 Å². The topological polar surface area (TPSA) is 84.8 Å². The van der Waals surface area contributed by atoms with E-state index >= 15 is 0 Å². The number of nitrogens with one attached hydrogen (secondary N) is 1. The second-order valence-corrected chi connectivity index (χ2v) is 14.9. The Kier molecular flexibility index (Phi) is 11.0. The molecule has 1 aliphatic rings. The Morgan fingerprint density at radius 3 is 2.12 bits per heavy atom. The van der Waals surface area contributed by atoms with Crippen LogP contribution in [0.1, 0.15) is 89.0 Å². The molecule has 0 spiro atoms. The molecule has 0 saturated heterocycles. The SMILES string of the molecule is CCC(CC)(O[S@](=O)/N=C(/CC(C)C)C1(c2ccc(Cl)cc2)CCC1)[C@H](NS(=O)(=O)c1ccc(C)cc1)c1ccccc1. The van der Waals surface area contributed by atoms with E-state index in [2.05, 4.69) is 18.6 Å². The first-order chi connectivity index (χ1) is 20.4. The highest BCUT2D eigenvalue weighted by molar-refractivity contribution is 7.89. The van der Waals surface area contributed by atoms with Gasteiger partial charge >= 0.3 is 0 Å². The van der Waals surface area contributed by atoms with E-state index < -0.39 is 32.9 Å². The van der Waals surface area contributed by atoms with Crippen LogP contribution in [0.4, 0.5) is 0 Å². The van der Waals surface area contributed by atoms with Gasteiger partial charge in [-0.2, -0.15) is 4.40 Å². The summed E-state index contributed by atoms with van der Waals surface area (Å²) in [6, 6.07) is 23.1. The number of halogens is 1. The standard InChI is InChI=1S/C34H43ClN2O4S2/c1-6-34(7-2,32(27-12-9-8-10-13-27)37-43(39,40)30-20-14-26(5)15-21-30)41-42(38)36-31(24-25(3)4)33(22-11-23-33)28-16-18-29(35)19-17-28/h8-10,12-21,25,32,37H,6-7,11,22-24H2,1-5H3/b36-31-/t32-,42+/m1/s1. The molecule has 0 radical (unpaired) electrons. The molecule has 232 valence electrons. The third-order valence-corrected chi connectivity index (χ3v) is 11.2. The van der Waals surface area contributed by atoms with Crippen molar-refractivity contribution in [3.05, 3.63) is 101 Å². The highest BCUT2D eigenvalue weighted by Crippen LogP contribution is 2.47. The maximum absolute atomic E-state index is 14.0. The van der Waals surface area contributed by atoms with Crippen LogP contribution in [-0.2, 0) is 30.9 Å². The smallest absolute Gasteiger partial charge is 0.264 e. The lowest BCUT2D eigenvalue weighted by Crippen LogP contribution is -2.48. The van der Waals surface area contributed by atoms with Gasteiger partial charge < -0.3 is 0 Å². The molecule has 3 aromatic rings. The van der Waals surface area contributed by atoms with E-state index in [0.717, 1.165) is 41.7 Å². The van der Waals surface area contributed by atoms with Crippen LogP contribution in [0.15, 0.2) is 88.2 Å². The van der Waals surface area contributed by atoms with Crippen molar-refractivity contribution in [2.24, 2.45) is 10.3 Å². The average molecular weight is 643 g/mol. The summed E-state index contributed by atoms with van der Waals surface area (Å²) in [6.07, 6.45) is 4.36. The summed E-state index contributed by atoms with van der Waals surface area (Å²) in [5, 5.41) is 0.670. The van der Waals surface area contributed by atoms with Crippen LogP contribution in [0, 0.1) is 12.8 Å². The Bertz CT molecular complexity index is 1510. The van der Waals surface area contributed by atoms with Gasteiger partial charge in [-0.3, -0.25) is 4.18 Å². The zero-order valence-corrected chi connectivity index (χ0v) is 28.1. The molecule has 0 amide bonds. The lowest BCUT2D eigenvalue weighted by molar-refractivity contribution is 0.0410. The molecule has 3 aromatic carbocycles. The number of benzene rings is 3. The van der Waals surface area contributed by atoms with Crippen molar-refractivity contribution in [3.63, 3.8) is 0 Å². The first-order valence-electron chi connectivity index (χ1n) is 15.0. The minimum Gasteiger partial charge on any atom is -0.264 e. The fraction of sp³-hybridized carbons (Fsp3) is 0.441. The zero-order chi connectivity index (χ0) is 31.3. The molecule has 1 aliphatic carbocycles. The average Bonchev–Trinajstić information content (AvgIpc) is 2.95. The lowest BCUT2D eigenvalue weighted by Gasteiger charge is -2.44. The normalized spacial score (nSPS) is 17.0. The number of rotatable bonds is 14. The van der Waals surface area contributed by atoms with Crippen LogP contribution in [0.3, 0.4) is 0 Å². The molecule has 0 unspecified atom stereocenters. The van der Waals surface area contributed by atoms with E-state index in [0.29, 0.717) is 30.2 Å². The minimum absolute atomic E-state index is 0.161. The van der Waals surface area contributed by atoms with Gasteiger partial charge in [0.25, 0.3) is 11.3 Å². The Morgan fingerprint density at radius 2 is 1.60 bits per heavy atom. The quantitative estimate of drug-likeness (QED) is 0.179. The Balaban J connectivity index is 1.74. The molecule has 1 fully saturated rings. The summed E-state index contributed by atoms with van der Waals surface area (Å²) in [5.74, 6) is 0.293. The van der Waals surface area contributed by atoms with Crippen LogP contribution in [-0.4, -0.2) is 23.9 Å². The van der Waals surface area contributed by atoms with E-state index in [1.165, 1.54) is 0 Å². The summed E-state index contributed by atoms with van der Waals surface area (Å²) in [5.41, 5.74) is 2.20. The predicted molar refractivity (Wildman–Crippen MR) is 177 cm³/mol. The van der Waals surface area contributed by atoms with Gasteiger partial charge in [0.2, 0.25) is 10.0 Å². The number of sulfonamides is 1. The summed E-state index contributed by atoms with van der Waals surface area (Å²) in [6.45, 7) is 10.0. The van der Waals surface area contributed by atoms with Crippen LogP contribution in [0.25, 0.3) is 0 Å². The van der Waals surface area contributed by atoms with Gasteiger partial charge in [0.05, 0.1) is 10.9 Å². The van der Waals surface area contributed by atoms with Crippen LogP contribution >= 0.6 is 11.6 Å². The van der Waals surface area contributed by atoms with Gasteiger partial charge in [-0.05, 0) is 80.3 Å². The lowest BCUT2D eigenvalue weighted by atomic mass is 9.60. The van der Waals surface area contributed by atoms with Crippen molar-refractivity contribution in [1.82, 2.24) is 4.72 Å². The predicted octanol–water partition coefficient (Wildman–Crippen LogP) is 8.43. The third-order valence-electron chi connectivity index (χ3n) is 8.64. The minimum atomic E-state index is -3.94. The van der Waals surface area contributed by atoms with E-state index in [9.17, 15) is 12.6 Å². The summed E-state index contributed by atoms with van der Waals surface area (Å²) in [4.78, 5) is 0.161. The monoisotopic (exact) mass is 642 g/mol. The van der Waals surface area contributed by atoms with Gasteiger partial charge in [0.1, 0.15) is 5.60 Å². The highest BCUT2D eigenvalue weighted by atomic mass is 35.5. The summed E-state index contributed by atoms with van der Waals surface area (Å²) < 4.78 is 55.4. The Hall–Kier alpha value is -2.36. The molecule has 9 heteroatoms. The van der Waals surface area contributed by atoms with Crippen molar-refractivity contribution in [2.75, 3.05) is 0 Å². The molecule has 0 aliphatic heterocycles. The van der Waals surface area contributed by atoms with Crippen molar-refractivity contribution >= 4 is 38.6 Å². The first-order valence-corrected chi connectivity index (χ1v) is 17.9. The van der Waals surface area contributed by atoms with Crippen molar-refractivity contribution in [3.8, 4) is 0 Å². The van der Waals surface area contributed by atoms with Crippen molar-refractivity contribution in [1.29, 1.82) is 0 Å². The fourth-order valence-corrected chi connectivity index (χ4v) is 8.39. The third kappa shape index (κ3) is 7.66. The van der Waals surface area contributed by atoms with Crippen LogP contribution in [0.5, 0.6) is 0 Å². The molecule has 0 bridgehead atoms. The molecular formula is C34H43ClN2O4S2. The Labute approximate surface area is 265 Å². The maximum atomic E-state index is 14.0. The van der Waals surface area contributed by atoms with Crippen molar-refractivity contribution in [2.45, 2.75) is 95.1 Å². The largest absolute Gasteiger partial charge is 0.285 e. The van der Waals surface area contributed by atoms with Gasteiger partial charge in [-0.1, -0.05) is 106 Å². The van der Waals surface area contributed by atoms with Gasteiger partial charge in [0, 0.05) is 16.1 Å². The molecule has 2 atom stereocenters. The van der Waals surface area contributed by atoms with E-state index in [-0.39, 0.29) is 10.3 Å². The zero-order valence-electron chi connectivity index (χ0n) is 25.7. The van der Waals surface area contributed by atoms with Crippen LogP contribution < -0.4 is 4.72 Å². The van der Waals surface area contributed by atoms with Gasteiger partial charge in [0.15, 0.2) is 0 Å². The van der Waals surface area contributed by atoms with E-state index in [1.807, 2.05) is 75.4 Å². The molecule has 6 nitrogen and oxygen atoms in total. The number of aryl methyl sites for hydroxylation is 1. The molecule has 1 N–H and O–H groups in total. The van der Waals surface area contributed by atoms with E-state index in [4.69, 9.17) is 20.2 Å². The molecule has 0 aromatic heterocycles. The molecule has 1 saturated carbocycles. The molecule has 4 rings (SSSR count). The Morgan fingerprint density at radius 1 is 1.00 bits per heavy atom. The van der Waals surface area contributed by atoms with Gasteiger partial charge in [-0.25, -0.2) is 17.3 Å². The number of hydrogen-bond acceptors (Lipinski definition) is 4. The summed E-state index contributed by atoms with van der Waals surface area (Å²) in [7, 11) is -3.94. The highest BCUT2D eigenvalue weighted by Gasteiger charge is 2.46. The number of nitrogens with zero attached hydrogens (tertiary/aromatic N) is 1. The fourth-order valence-electron chi connectivity index (χ4n) is 5.89. The second kappa shape index (κ2) is 14.2.